The van der Waals surface area contributed by atoms with Crippen LogP contribution in [0.4, 0.5) is 5.82 Å². The topological polar surface area (TPSA) is 56.7 Å². The van der Waals surface area contributed by atoms with E-state index in [2.05, 4.69) is 4.98 Å². The van der Waals surface area contributed by atoms with Crippen LogP contribution in [0.1, 0.15) is 13.3 Å². The summed E-state index contributed by atoms with van der Waals surface area (Å²) in [5.41, 5.74) is -0.688. The van der Waals surface area contributed by atoms with Crippen molar-refractivity contribution >= 4 is 23.3 Å². The first-order valence-electron chi connectivity index (χ1n) is 6.26. The summed E-state index contributed by atoms with van der Waals surface area (Å²) in [4.78, 5) is 19.6. The van der Waals surface area contributed by atoms with Crippen LogP contribution >= 0.6 is 11.6 Å². The molecule has 1 aromatic rings. The number of pyridine rings is 1. The molecule has 1 aliphatic heterocycles. The Hall–Kier alpha value is -1.33. The third kappa shape index (κ3) is 3.16. The highest BCUT2D eigenvalue weighted by Gasteiger charge is 2.41. The predicted molar refractivity (Wildman–Crippen MR) is 74.3 cm³/mol. The molecule has 19 heavy (non-hydrogen) atoms. The number of likely N-dealkylation sites (tertiary alicyclic amines) is 1. The number of aromatic nitrogens is 1. The first kappa shape index (κ1) is 14.1. The average Bonchev–Trinajstić information content (AvgIpc) is 2.35. The highest BCUT2D eigenvalue weighted by molar-refractivity contribution is 6.30. The van der Waals surface area contributed by atoms with Gasteiger partial charge in [0.25, 0.3) is 0 Å². The molecule has 0 spiro atoms. The zero-order chi connectivity index (χ0) is 14.0. The summed E-state index contributed by atoms with van der Waals surface area (Å²) in [5.74, 6) is 0.696. The minimum atomic E-state index is -0.688. The lowest BCUT2D eigenvalue weighted by atomic mass is 9.91. The monoisotopic (exact) mass is 283 g/mol. The molecule has 0 bridgehead atoms. The molecule has 1 N–H and O–H groups in total. The molecule has 2 heterocycles. The molecule has 1 amide bonds. The van der Waals surface area contributed by atoms with E-state index < -0.39 is 5.60 Å². The molecule has 1 fully saturated rings. The maximum Gasteiger partial charge on any atom is 0.242 e. The molecule has 2 rings (SSSR count). The molecule has 1 aliphatic rings. The van der Waals surface area contributed by atoms with Gasteiger partial charge in [0.1, 0.15) is 5.82 Å². The van der Waals surface area contributed by atoms with Crippen LogP contribution in [0.25, 0.3) is 0 Å². The van der Waals surface area contributed by atoms with Crippen molar-refractivity contribution in [2.45, 2.75) is 18.9 Å². The first-order chi connectivity index (χ1) is 8.93. The summed E-state index contributed by atoms with van der Waals surface area (Å²) >= 11 is 5.77. The number of nitrogens with zero attached hydrogens (tertiary/aromatic N) is 3. The lowest BCUT2D eigenvalue weighted by Gasteiger charge is -2.46. The van der Waals surface area contributed by atoms with Gasteiger partial charge in [-0.05, 0) is 18.6 Å². The predicted octanol–water partition coefficient (Wildman–Crippen LogP) is 1.15. The van der Waals surface area contributed by atoms with Crippen LogP contribution in [0.15, 0.2) is 18.3 Å². The molecular formula is C13H18ClN3O2. The Bertz CT molecular complexity index is 457. The van der Waals surface area contributed by atoms with Gasteiger partial charge in [-0.3, -0.25) is 4.79 Å². The van der Waals surface area contributed by atoms with E-state index in [4.69, 9.17) is 11.6 Å². The number of hydrogen-bond donors (Lipinski definition) is 1. The average molecular weight is 284 g/mol. The van der Waals surface area contributed by atoms with E-state index in [1.54, 1.807) is 35.2 Å². The molecule has 0 saturated carbocycles. The van der Waals surface area contributed by atoms with E-state index in [9.17, 15) is 9.90 Å². The molecule has 0 aliphatic carbocycles. The number of amides is 1. The molecule has 1 saturated heterocycles. The van der Waals surface area contributed by atoms with Crippen molar-refractivity contribution in [3.8, 4) is 0 Å². The van der Waals surface area contributed by atoms with Crippen molar-refractivity contribution in [1.29, 1.82) is 0 Å². The van der Waals surface area contributed by atoms with E-state index >= 15 is 0 Å². The van der Waals surface area contributed by atoms with E-state index in [-0.39, 0.29) is 12.5 Å². The van der Waals surface area contributed by atoms with Crippen molar-refractivity contribution in [2.75, 3.05) is 31.6 Å². The number of β-amino-alcohol motifs (C(OH)–C–C–N with tert-alkyl or cyclic N) is 1. The number of carbonyl (C=O) groups is 1. The maximum atomic E-state index is 12.0. The van der Waals surface area contributed by atoms with Crippen LogP contribution in [0.5, 0.6) is 0 Å². The van der Waals surface area contributed by atoms with Crippen LogP contribution in [-0.4, -0.2) is 53.2 Å². The Morgan fingerprint density at radius 3 is 2.79 bits per heavy atom. The fraction of sp³-hybridized carbons (Fsp3) is 0.538. The molecular weight excluding hydrogens is 266 g/mol. The fourth-order valence-electron chi connectivity index (χ4n) is 2.04. The lowest BCUT2D eigenvalue weighted by Crippen LogP contribution is -2.64. The maximum absolute atomic E-state index is 12.0. The van der Waals surface area contributed by atoms with Gasteiger partial charge in [0, 0.05) is 13.2 Å². The van der Waals surface area contributed by atoms with Gasteiger partial charge in [-0.2, -0.15) is 0 Å². The SMILES string of the molecule is CCC1(O)CN(C(=O)CN(C)c2ccc(Cl)cn2)C1. The first-order valence-corrected chi connectivity index (χ1v) is 6.64. The summed E-state index contributed by atoms with van der Waals surface area (Å²) in [5, 5.41) is 10.5. The standard InChI is InChI=1S/C13H18ClN3O2/c1-3-13(19)8-17(9-13)12(18)7-16(2)11-5-4-10(14)6-15-11/h4-6,19H,3,7-9H2,1-2H3. The molecule has 6 heteroatoms. The molecule has 0 atom stereocenters. The molecule has 0 aromatic carbocycles. The number of rotatable bonds is 4. The Labute approximate surface area is 117 Å². The van der Waals surface area contributed by atoms with Gasteiger partial charge >= 0.3 is 0 Å². The van der Waals surface area contributed by atoms with Gasteiger partial charge in [-0.25, -0.2) is 4.98 Å². The normalized spacial score (nSPS) is 16.9. The van der Waals surface area contributed by atoms with Gasteiger partial charge in [0.2, 0.25) is 5.91 Å². The minimum Gasteiger partial charge on any atom is -0.386 e. The van der Waals surface area contributed by atoms with E-state index in [0.717, 1.165) is 0 Å². The third-order valence-corrected chi connectivity index (χ3v) is 3.68. The molecule has 0 radical (unpaired) electrons. The minimum absolute atomic E-state index is 0.00243. The number of hydrogen-bond acceptors (Lipinski definition) is 4. The van der Waals surface area contributed by atoms with Crippen LogP contribution < -0.4 is 4.90 Å². The smallest absolute Gasteiger partial charge is 0.242 e. The number of halogens is 1. The zero-order valence-corrected chi connectivity index (χ0v) is 11.9. The number of likely N-dealkylation sites (N-methyl/N-ethyl adjacent to an activating group) is 1. The molecule has 1 aromatic heterocycles. The van der Waals surface area contributed by atoms with Crippen molar-refractivity contribution in [1.82, 2.24) is 9.88 Å². The lowest BCUT2D eigenvalue weighted by molar-refractivity contribution is -0.154. The van der Waals surface area contributed by atoms with E-state index in [0.29, 0.717) is 30.4 Å². The van der Waals surface area contributed by atoms with Gasteiger partial charge in [0.15, 0.2) is 0 Å². The van der Waals surface area contributed by atoms with Gasteiger partial charge in [-0.15, -0.1) is 0 Å². The Morgan fingerprint density at radius 2 is 2.26 bits per heavy atom. The fourth-order valence-corrected chi connectivity index (χ4v) is 2.15. The summed E-state index contributed by atoms with van der Waals surface area (Å²) in [6, 6.07) is 3.51. The Morgan fingerprint density at radius 1 is 1.58 bits per heavy atom. The summed E-state index contributed by atoms with van der Waals surface area (Å²) in [6.07, 6.45) is 2.22. The van der Waals surface area contributed by atoms with Crippen molar-refractivity contribution in [3.05, 3.63) is 23.4 Å². The second kappa shape index (κ2) is 5.35. The van der Waals surface area contributed by atoms with Crippen LogP contribution in [0.2, 0.25) is 5.02 Å². The highest BCUT2D eigenvalue weighted by atomic mass is 35.5. The molecule has 5 nitrogen and oxygen atoms in total. The summed E-state index contributed by atoms with van der Waals surface area (Å²) in [7, 11) is 1.81. The molecule has 104 valence electrons. The van der Waals surface area contributed by atoms with E-state index in [1.807, 2.05) is 6.92 Å². The largest absolute Gasteiger partial charge is 0.386 e. The van der Waals surface area contributed by atoms with Crippen molar-refractivity contribution in [3.63, 3.8) is 0 Å². The quantitative estimate of drug-likeness (QED) is 0.901. The van der Waals surface area contributed by atoms with Gasteiger partial charge < -0.3 is 14.9 Å². The Kier molecular flexibility index (Phi) is 3.96. The van der Waals surface area contributed by atoms with Crippen LogP contribution in [0, 0.1) is 0 Å². The summed E-state index contributed by atoms with van der Waals surface area (Å²) < 4.78 is 0. The second-order valence-electron chi connectivity index (χ2n) is 5.02. The Balaban J connectivity index is 1.88. The number of anilines is 1. The van der Waals surface area contributed by atoms with Crippen molar-refractivity contribution < 1.29 is 9.90 Å². The van der Waals surface area contributed by atoms with E-state index in [1.165, 1.54) is 0 Å². The molecule has 0 unspecified atom stereocenters. The third-order valence-electron chi connectivity index (χ3n) is 3.46. The van der Waals surface area contributed by atoms with Crippen LogP contribution in [0.3, 0.4) is 0 Å². The van der Waals surface area contributed by atoms with Crippen LogP contribution in [-0.2, 0) is 4.79 Å². The van der Waals surface area contributed by atoms with Gasteiger partial charge in [0.05, 0.1) is 30.3 Å². The second-order valence-corrected chi connectivity index (χ2v) is 5.45. The highest BCUT2D eigenvalue weighted by Crippen LogP contribution is 2.24. The summed E-state index contributed by atoms with van der Waals surface area (Å²) in [6.45, 7) is 3.01. The number of carbonyl (C=O) groups excluding carboxylic acids is 1. The van der Waals surface area contributed by atoms with Crippen molar-refractivity contribution in [2.24, 2.45) is 0 Å². The zero-order valence-electron chi connectivity index (χ0n) is 11.1. The number of aliphatic hydroxyl groups is 1. The van der Waals surface area contributed by atoms with Gasteiger partial charge in [-0.1, -0.05) is 18.5 Å².